The number of carbonyl (C=O) groups excluding carboxylic acids is 2. The Kier molecular flexibility index (Phi) is 9.44. The fraction of sp³-hybridized carbons (Fsp3) is 0.235. The summed E-state index contributed by atoms with van der Waals surface area (Å²) in [5.74, 6) is -35.6. The van der Waals surface area contributed by atoms with E-state index < -0.39 is 160 Å². The van der Waals surface area contributed by atoms with Crippen molar-refractivity contribution in [3.8, 4) is 12.1 Å². The molecule has 0 heterocycles. The molecule has 5 aromatic rings. The summed E-state index contributed by atoms with van der Waals surface area (Å²) in [6, 6.07) is 4.81. The average molecular weight is 840 g/mol. The highest BCUT2D eigenvalue weighted by molar-refractivity contribution is 6.42. The number of benzene rings is 5. The van der Waals surface area contributed by atoms with E-state index in [0.29, 0.717) is 0 Å². The number of halogens is 14. The number of alkyl halides is 14. The van der Waals surface area contributed by atoms with E-state index in [2.05, 4.69) is 0 Å². The zero-order valence-electron chi connectivity index (χ0n) is 27.6. The van der Waals surface area contributed by atoms with Crippen molar-refractivity contribution < 1.29 is 90.9 Å². The number of hydrogen-bond donors (Lipinski definition) is 4. The molecule has 0 saturated heterocycles. The summed E-state index contributed by atoms with van der Waals surface area (Å²) in [5, 5.41) is 32.0. The number of carboxylic acid groups (broad SMARTS) is 2. The van der Waals surface area contributed by atoms with Gasteiger partial charge in [0.25, 0.3) is 0 Å². The van der Waals surface area contributed by atoms with E-state index in [0.717, 1.165) is 24.3 Å². The third-order valence-corrected chi connectivity index (χ3v) is 9.22. The minimum Gasteiger partial charge on any atom is -0.478 e. The van der Waals surface area contributed by atoms with E-state index in [1.807, 2.05) is 0 Å². The molecule has 6 N–H and O–H groups in total. The summed E-state index contributed by atoms with van der Waals surface area (Å²) in [5.41, 5.74) is -1.93. The molecule has 0 radical (unpaired) electrons. The van der Waals surface area contributed by atoms with Gasteiger partial charge >= 0.3 is 48.0 Å². The Morgan fingerprint density at radius 3 is 1.48 bits per heavy atom. The van der Waals surface area contributed by atoms with Crippen LogP contribution in [0, 0.1) is 22.7 Å². The number of aromatic carboxylic acids is 2. The number of primary amides is 2. The highest BCUT2D eigenvalue weighted by atomic mass is 19.4. The minimum absolute atomic E-state index is 0.0927. The number of amides is 2. The first kappa shape index (κ1) is 42.4. The normalized spacial score (nSPS) is 13.3. The number of carboxylic acids is 2. The van der Waals surface area contributed by atoms with Crippen LogP contribution in [0.4, 0.5) is 61.5 Å². The molecule has 10 nitrogen and oxygen atoms in total. The van der Waals surface area contributed by atoms with Crippen molar-refractivity contribution in [2.45, 2.75) is 48.9 Å². The van der Waals surface area contributed by atoms with E-state index >= 15 is 17.6 Å². The number of carbonyl (C=O) groups is 4. The topological polar surface area (TPSA) is 208 Å². The van der Waals surface area contributed by atoms with Crippen LogP contribution in [0.25, 0.3) is 43.1 Å². The molecule has 0 bridgehead atoms. The monoisotopic (exact) mass is 840 g/mol. The van der Waals surface area contributed by atoms with Crippen LogP contribution < -0.4 is 11.5 Å². The minimum atomic E-state index is -7.18. The number of nitriles is 2. The summed E-state index contributed by atoms with van der Waals surface area (Å²) >= 11 is 0. The van der Waals surface area contributed by atoms with Crippen LogP contribution in [0.3, 0.4) is 0 Å². The van der Waals surface area contributed by atoms with Crippen LogP contribution in [-0.4, -0.2) is 70.0 Å². The number of fused-ring (bicyclic) bond motifs is 2. The predicted molar refractivity (Wildman–Crippen MR) is 167 cm³/mol. The molecule has 304 valence electrons. The lowest BCUT2D eigenvalue weighted by Gasteiger charge is -2.32. The second-order valence-corrected chi connectivity index (χ2v) is 12.5. The maximum Gasteiger partial charge on any atom is 0.459 e. The first-order valence-electron chi connectivity index (χ1n) is 15.2. The number of hydrogen-bond acceptors (Lipinski definition) is 6. The molecule has 0 saturated carbocycles. The molecule has 5 rings (SSSR count). The lowest BCUT2D eigenvalue weighted by atomic mass is 9.76. The maximum absolute atomic E-state index is 15.4. The molecule has 0 spiro atoms. The Morgan fingerprint density at radius 2 is 1.05 bits per heavy atom. The molecule has 0 fully saturated rings. The van der Waals surface area contributed by atoms with Gasteiger partial charge in [-0.25, -0.2) is 9.59 Å². The van der Waals surface area contributed by atoms with Crippen molar-refractivity contribution in [3.63, 3.8) is 0 Å². The van der Waals surface area contributed by atoms with Crippen molar-refractivity contribution in [3.05, 3.63) is 68.8 Å². The van der Waals surface area contributed by atoms with Gasteiger partial charge < -0.3 is 21.7 Å². The molecule has 0 unspecified atom stereocenters. The van der Waals surface area contributed by atoms with Crippen LogP contribution in [-0.2, 0) is 12.8 Å². The molecule has 0 aromatic heterocycles. The number of nitrogens with two attached hydrogens (primary N) is 2. The predicted octanol–water partition coefficient (Wildman–Crippen LogP) is 7.83. The Bertz CT molecular complexity index is 2760. The van der Waals surface area contributed by atoms with E-state index in [-0.39, 0.29) is 6.07 Å². The lowest BCUT2D eigenvalue weighted by molar-refractivity contribution is -0.355. The molecular weight excluding hydrogens is 826 g/mol. The molecule has 24 heteroatoms. The van der Waals surface area contributed by atoms with E-state index in [1.165, 1.54) is 6.07 Å². The molecule has 5 aromatic carbocycles. The molecule has 2 amide bonds. The first-order chi connectivity index (χ1) is 26.3. The van der Waals surface area contributed by atoms with Crippen molar-refractivity contribution in [2.75, 3.05) is 0 Å². The third-order valence-electron chi connectivity index (χ3n) is 9.22. The molecule has 0 atom stereocenters. The zero-order chi connectivity index (χ0) is 44.2. The molecule has 58 heavy (non-hydrogen) atoms. The second kappa shape index (κ2) is 12.9. The summed E-state index contributed by atoms with van der Waals surface area (Å²) in [7, 11) is 0. The van der Waals surface area contributed by atoms with Crippen molar-refractivity contribution >= 4 is 66.8 Å². The van der Waals surface area contributed by atoms with E-state index in [9.17, 15) is 83.8 Å². The van der Waals surface area contributed by atoms with Gasteiger partial charge in [0.1, 0.15) is 12.1 Å². The van der Waals surface area contributed by atoms with Crippen molar-refractivity contribution in [2.24, 2.45) is 11.5 Å². The van der Waals surface area contributed by atoms with Crippen LogP contribution in [0.1, 0.15) is 63.7 Å². The molecule has 0 aliphatic heterocycles. The van der Waals surface area contributed by atoms with Gasteiger partial charge in [0.15, 0.2) is 0 Å². The Morgan fingerprint density at radius 1 is 0.569 bits per heavy atom. The highest BCUT2D eigenvalue weighted by Gasteiger charge is 2.74. The van der Waals surface area contributed by atoms with Gasteiger partial charge in [-0.05, 0) is 32.7 Å². The van der Waals surface area contributed by atoms with Crippen LogP contribution in [0.15, 0.2) is 24.3 Å². The van der Waals surface area contributed by atoms with Gasteiger partial charge in [0, 0.05) is 34.4 Å². The molecule has 0 aliphatic rings. The number of rotatable bonds is 10. The summed E-state index contributed by atoms with van der Waals surface area (Å²) < 4.78 is 199. The summed E-state index contributed by atoms with van der Waals surface area (Å²) in [4.78, 5) is 51.5. The smallest absolute Gasteiger partial charge is 0.459 e. The Labute approximate surface area is 309 Å². The van der Waals surface area contributed by atoms with Gasteiger partial charge in [-0.2, -0.15) is 72.0 Å². The summed E-state index contributed by atoms with van der Waals surface area (Å²) in [6.07, 6.45) is -20.6. The van der Waals surface area contributed by atoms with Crippen LogP contribution in [0.2, 0.25) is 0 Å². The quantitative estimate of drug-likeness (QED) is 0.0618. The highest BCUT2D eigenvalue weighted by Crippen LogP contribution is 2.54. The van der Waals surface area contributed by atoms with Gasteiger partial charge in [-0.15, -0.1) is 0 Å². The largest absolute Gasteiger partial charge is 0.478 e. The third kappa shape index (κ3) is 5.75. The van der Waals surface area contributed by atoms with Crippen molar-refractivity contribution in [1.82, 2.24) is 0 Å². The van der Waals surface area contributed by atoms with Gasteiger partial charge in [0.2, 0.25) is 11.8 Å². The molecular formula is C34H14F14N4O6. The Hall–Kier alpha value is -6.72. The summed E-state index contributed by atoms with van der Waals surface area (Å²) in [6.45, 7) is 0. The standard InChI is InChI=1S/C34H14F14N4O6/c35-29(36,31(39,40)33(43,44)45)5-10-4-9-2-1-3-11-15(9)17(12(10)6-30(37,38)32(41,42)34(46,47)48)18-13(7-49)14(8-50)19(27(55)56)21-20(18)16(11)22(25(51)53)23(26(52)54)24(21)28(57)58/h1-4H,5-6H2,(H2,51,53)(H2,52,54)(H,55,56)(H,57,58). The van der Waals surface area contributed by atoms with Gasteiger partial charge in [-0.3, -0.25) is 9.59 Å². The van der Waals surface area contributed by atoms with Crippen molar-refractivity contribution in [1.29, 1.82) is 10.5 Å². The van der Waals surface area contributed by atoms with E-state index in [1.54, 1.807) is 0 Å². The number of nitrogens with zero attached hydrogens (tertiary/aromatic N) is 2. The van der Waals surface area contributed by atoms with Crippen LogP contribution in [0.5, 0.6) is 0 Å². The molecule has 0 aliphatic carbocycles. The Balaban J connectivity index is 2.32. The SMILES string of the molecule is N#Cc1c(C(=O)O)c2c(C(=O)O)c(C(N)=O)c(C(N)=O)c3c4cccc5cc(CC(F)(F)C(F)(F)C(F)(F)F)c(CC(F)(F)C(F)(F)C(F)(F)F)c(c(c1C#N)c23)c54. The average Bonchev–Trinajstić information content (AvgIpc) is 3.07. The lowest BCUT2D eigenvalue weighted by Crippen LogP contribution is -2.54. The van der Waals surface area contributed by atoms with E-state index in [4.69, 9.17) is 11.5 Å². The van der Waals surface area contributed by atoms with Gasteiger partial charge in [-0.1, -0.05) is 24.3 Å². The maximum atomic E-state index is 15.4. The van der Waals surface area contributed by atoms with Gasteiger partial charge in [0.05, 0.1) is 33.4 Å². The fourth-order valence-electron chi connectivity index (χ4n) is 6.91. The van der Waals surface area contributed by atoms with Crippen LogP contribution >= 0.6 is 0 Å². The first-order valence-corrected chi connectivity index (χ1v) is 15.2. The fourth-order valence-corrected chi connectivity index (χ4v) is 6.91. The zero-order valence-corrected chi connectivity index (χ0v) is 27.6. The second-order valence-electron chi connectivity index (χ2n) is 12.5.